The first-order valence-electron chi connectivity index (χ1n) is 6.33. The van der Waals surface area contributed by atoms with Crippen LogP contribution in [-0.4, -0.2) is 18.0 Å². The van der Waals surface area contributed by atoms with Crippen molar-refractivity contribution in [1.82, 2.24) is 5.32 Å². The second-order valence-corrected chi connectivity index (χ2v) is 5.58. The molecule has 1 aromatic heterocycles. The van der Waals surface area contributed by atoms with E-state index in [0.29, 0.717) is 18.5 Å². The van der Waals surface area contributed by atoms with Crippen LogP contribution in [0.25, 0.3) is 0 Å². The monoisotopic (exact) mass is 287 g/mol. The number of hydrogen-bond acceptors (Lipinski definition) is 4. The molecule has 0 saturated heterocycles. The van der Waals surface area contributed by atoms with Crippen LogP contribution in [0.15, 0.2) is 41.8 Å². The van der Waals surface area contributed by atoms with Gasteiger partial charge in [-0.05, 0) is 23.1 Å². The molecule has 0 saturated carbocycles. The molecule has 1 N–H and O–H groups in total. The van der Waals surface area contributed by atoms with Crippen molar-refractivity contribution in [2.45, 2.75) is 19.1 Å². The summed E-state index contributed by atoms with van der Waals surface area (Å²) in [6, 6.07) is 11.1. The van der Waals surface area contributed by atoms with E-state index in [1.165, 1.54) is 0 Å². The Morgan fingerprint density at radius 1 is 1.30 bits per heavy atom. The topological polar surface area (TPSA) is 55.4 Å². The third kappa shape index (κ3) is 2.58. The molecule has 102 valence electrons. The van der Waals surface area contributed by atoms with Crippen LogP contribution in [0.2, 0.25) is 0 Å². The summed E-state index contributed by atoms with van der Waals surface area (Å²) in [6.45, 7) is 0.464. The molecule has 0 bridgehead atoms. The Balaban J connectivity index is 1.67. The first kappa shape index (κ1) is 12.9. The van der Waals surface area contributed by atoms with Crippen molar-refractivity contribution in [1.29, 1.82) is 0 Å². The Bertz CT molecular complexity index is 636. The van der Waals surface area contributed by atoms with E-state index in [4.69, 9.17) is 4.74 Å². The molecule has 2 aromatic rings. The number of nitrogens with one attached hydrogen (secondary N) is 1. The lowest BCUT2D eigenvalue weighted by Gasteiger charge is -2.23. The van der Waals surface area contributed by atoms with E-state index in [0.717, 1.165) is 10.4 Å². The second-order valence-electron chi connectivity index (χ2n) is 4.55. The third-order valence-electron chi connectivity index (χ3n) is 3.20. The number of rotatable bonds is 3. The van der Waals surface area contributed by atoms with Crippen molar-refractivity contribution >= 4 is 23.2 Å². The van der Waals surface area contributed by atoms with Crippen LogP contribution in [-0.2, 0) is 22.5 Å². The van der Waals surface area contributed by atoms with Crippen molar-refractivity contribution < 1.29 is 14.3 Å². The fraction of sp³-hybridized carbons (Fsp3) is 0.200. The summed E-state index contributed by atoms with van der Waals surface area (Å²) in [6.07, 6.45) is -0.310. The largest absolute Gasteiger partial charge is 0.448 e. The summed E-state index contributed by atoms with van der Waals surface area (Å²) in [7, 11) is 0. The molecular formula is C15H13NO3S. The Morgan fingerprint density at radius 2 is 2.15 bits per heavy atom. The normalized spacial score (nSPS) is 17.2. The Morgan fingerprint density at radius 3 is 2.95 bits per heavy atom. The zero-order valence-electron chi connectivity index (χ0n) is 10.7. The van der Waals surface area contributed by atoms with Crippen LogP contribution in [0, 0.1) is 0 Å². The van der Waals surface area contributed by atoms with E-state index in [1.54, 1.807) is 23.5 Å². The Kier molecular flexibility index (Phi) is 3.52. The molecule has 5 heteroatoms. The van der Waals surface area contributed by atoms with Crippen molar-refractivity contribution in [3.63, 3.8) is 0 Å². The summed E-state index contributed by atoms with van der Waals surface area (Å²) in [5.41, 5.74) is 1.41. The molecule has 4 nitrogen and oxygen atoms in total. The number of ether oxygens (including phenoxy) is 1. The van der Waals surface area contributed by atoms with Gasteiger partial charge in [0.05, 0.1) is 12.1 Å². The summed E-state index contributed by atoms with van der Waals surface area (Å²) in [5.74, 6) is -0.677. The van der Waals surface area contributed by atoms with Gasteiger partial charge in [-0.15, -0.1) is 11.3 Å². The zero-order valence-corrected chi connectivity index (χ0v) is 11.5. The van der Waals surface area contributed by atoms with E-state index in [2.05, 4.69) is 5.32 Å². The predicted octanol–water partition coefficient (Wildman–Crippen LogP) is 2.15. The van der Waals surface area contributed by atoms with Crippen molar-refractivity contribution in [3.05, 3.63) is 57.8 Å². The molecule has 2 heterocycles. The second kappa shape index (κ2) is 5.46. The van der Waals surface area contributed by atoms with Gasteiger partial charge in [0, 0.05) is 11.3 Å². The highest BCUT2D eigenvalue weighted by Gasteiger charge is 2.30. The first-order chi connectivity index (χ1) is 9.74. The molecule has 1 aliphatic rings. The number of esters is 1. The molecule has 0 spiro atoms. The van der Waals surface area contributed by atoms with Gasteiger partial charge in [0.2, 0.25) is 0 Å². The van der Waals surface area contributed by atoms with E-state index < -0.39 is 12.1 Å². The lowest BCUT2D eigenvalue weighted by atomic mass is 9.98. The molecule has 0 radical (unpaired) electrons. The van der Waals surface area contributed by atoms with Crippen molar-refractivity contribution in [2.75, 3.05) is 0 Å². The smallest absolute Gasteiger partial charge is 0.339 e. The third-order valence-corrected chi connectivity index (χ3v) is 4.08. The molecular weight excluding hydrogens is 274 g/mol. The minimum Gasteiger partial charge on any atom is -0.448 e. The van der Waals surface area contributed by atoms with Crippen LogP contribution in [0.3, 0.4) is 0 Å². The predicted molar refractivity (Wildman–Crippen MR) is 75.5 cm³/mol. The average molecular weight is 287 g/mol. The number of amides is 1. The fourth-order valence-corrected chi connectivity index (χ4v) is 2.82. The van der Waals surface area contributed by atoms with E-state index in [1.807, 2.05) is 29.6 Å². The van der Waals surface area contributed by atoms with Crippen LogP contribution in [0.4, 0.5) is 0 Å². The van der Waals surface area contributed by atoms with Gasteiger partial charge < -0.3 is 10.1 Å². The molecule has 1 unspecified atom stereocenters. The molecule has 1 atom stereocenters. The van der Waals surface area contributed by atoms with Gasteiger partial charge in [0.15, 0.2) is 6.10 Å². The molecule has 1 aliphatic heterocycles. The number of benzene rings is 1. The van der Waals surface area contributed by atoms with Gasteiger partial charge in [0.25, 0.3) is 5.91 Å². The number of thiophene rings is 1. The number of fused-ring (bicyclic) bond motifs is 1. The quantitative estimate of drug-likeness (QED) is 0.880. The highest BCUT2D eigenvalue weighted by atomic mass is 32.1. The van der Waals surface area contributed by atoms with Gasteiger partial charge in [-0.1, -0.05) is 24.3 Å². The molecule has 1 amide bonds. The van der Waals surface area contributed by atoms with E-state index >= 15 is 0 Å². The standard InChI is InChI=1S/C15H13NO3S/c17-14(16-9-11-5-3-7-20-11)13-8-10-4-1-2-6-12(10)15(18)19-13/h1-7,13H,8-9H2,(H,16,17). The van der Waals surface area contributed by atoms with Gasteiger partial charge >= 0.3 is 5.97 Å². The maximum Gasteiger partial charge on any atom is 0.339 e. The summed E-state index contributed by atoms with van der Waals surface area (Å²) < 4.78 is 5.20. The minimum atomic E-state index is -0.739. The Hall–Kier alpha value is -2.14. The molecule has 0 aliphatic carbocycles. The molecule has 20 heavy (non-hydrogen) atoms. The van der Waals surface area contributed by atoms with Gasteiger partial charge in [-0.3, -0.25) is 4.79 Å². The van der Waals surface area contributed by atoms with Crippen LogP contribution in [0.5, 0.6) is 0 Å². The molecule has 3 rings (SSSR count). The van der Waals surface area contributed by atoms with Gasteiger partial charge in [-0.2, -0.15) is 0 Å². The SMILES string of the molecule is O=C1OC(C(=O)NCc2cccs2)Cc2ccccc21. The lowest BCUT2D eigenvalue weighted by molar-refractivity contribution is -0.130. The van der Waals surface area contributed by atoms with Crippen molar-refractivity contribution in [3.8, 4) is 0 Å². The van der Waals surface area contributed by atoms with Crippen LogP contribution < -0.4 is 5.32 Å². The fourth-order valence-electron chi connectivity index (χ4n) is 2.18. The number of carbonyl (C=O) groups is 2. The Labute approximate surface area is 120 Å². The first-order valence-corrected chi connectivity index (χ1v) is 7.21. The summed E-state index contributed by atoms with van der Waals surface area (Å²) >= 11 is 1.58. The van der Waals surface area contributed by atoms with Crippen LogP contribution >= 0.6 is 11.3 Å². The summed E-state index contributed by atoms with van der Waals surface area (Å²) in [5, 5.41) is 4.76. The van der Waals surface area contributed by atoms with Crippen molar-refractivity contribution in [2.24, 2.45) is 0 Å². The zero-order chi connectivity index (χ0) is 13.9. The highest BCUT2D eigenvalue weighted by molar-refractivity contribution is 7.09. The van der Waals surface area contributed by atoms with Gasteiger partial charge in [-0.25, -0.2) is 4.79 Å². The molecule has 0 fully saturated rings. The average Bonchev–Trinajstić information content (AvgIpc) is 2.98. The van der Waals surface area contributed by atoms with Gasteiger partial charge in [0.1, 0.15) is 0 Å². The summed E-state index contributed by atoms with van der Waals surface area (Å²) in [4.78, 5) is 25.0. The number of carbonyl (C=O) groups excluding carboxylic acids is 2. The maximum absolute atomic E-state index is 12.1. The number of cyclic esters (lactones) is 1. The highest BCUT2D eigenvalue weighted by Crippen LogP contribution is 2.20. The minimum absolute atomic E-state index is 0.249. The van der Waals surface area contributed by atoms with Crippen LogP contribution in [0.1, 0.15) is 20.8 Å². The number of hydrogen-bond donors (Lipinski definition) is 1. The maximum atomic E-state index is 12.1. The van der Waals surface area contributed by atoms with E-state index in [9.17, 15) is 9.59 Å². The molecule has 1 aromatic carbocycles. The van der Waals surface area contributed by atoms with E-state index in [-0.39, 0.29) is 5.91 Å². The lowest BCUT2D eigenvalue weighted by Crippen LogP contribution is -2.41.